The topological polar surface area (TPSA) is 74.3 Å². The summed E-state index contributed by atoms with van der Waals surface area (Å²) in [6.45, 7) is 23.0. The number of nitrogens with zero attached hydrogens (tertiary/aromatic N) is 1. The van der Waals surface area contributed by atoms with Crippen LogP contribution in [0.3, 0.4) is 0 Å². The van der Waals surface area contributed by atoms with Crippen LogP contribution >= 0.6 is 7.60 Å². The van der Waals surface area contributed by atoms with E-state index in [-0.39, 0.29) is 13.2 Å². The highest BCUT2D eigenvalue weighted by Gasteiger charge is 2.52. The lowest BCUT2D eigenvalue weighted by Crippen LogP contribution is -2.55. The van der Waals surface area contributed by atoms with Gasteiger partial charge >= 0.3 is 13.6 Å². The molecule has 0 fully saturated rings. The Morgan fingerprint density at radius 2 is 1.34 bits per heavy atom. The van der Waals surface area contributed by atoms with Crippen LogP contribution in [-0.2, 0) is 28.0 Å². The van der Waals surface area contributed by atoms with Crippen LogP contribution in [0.1, 0.15) is 89.5 Å². The third-order valence-electron chi connectivity index (χ3n) is 3.86. The van der Waals surface area contributed by atoms with Gasteiger partial charge in [0.15, 0.2) is 6.10 Å². The lowest BCUT2D eigenvalue weighted by atomic mass is 9.94. The van der Waals surface area contributed by atoms with Crippen LogP contribution < -0.4 is 0 Å². The molecule has 0 spiro atoms. The van der Waals surface area contributed by atoms with Crippen molar-refractivity contribution in [1.29, 1.82) is 0 Å². The average molecular weight is 438 g/mol. The van der Waals surface area contributed by atoms with E-state index in [1.165, 1.54) is 0 Å². The molecule has 7 nitrogen and oxygen atoms in total. The zero-order valence-corrected chi connectivity index (χ0v) is 21.5. The number of hydrogen-bond donors (Lipinski definition) is 0. The summed E-state index contributed by atoms with van der Waals surface area (Å²) in [5.41, 5.74) is -1.74. The van der Waals surface area contributed by atoms with E-state index in [4.69, 9.17) is 18.6 Å². The van der Waals surface area contributed by atoms with Gasteiger partial charge in [0.1, 0.15) is 11.4 Å². The van der Waals surface area contributed by atoms with Gasteiger partial charge in [-0.2, -0.15) is 5.06 Å². The highest BCUT2D eigenvalue weighted by Crippen LogP contribution is 2.60. The van der Waals surface area contributed by atoms with E-state index in [1.807, 2.05) is 69.2 Å². The molecule has 0 radical (unpaired) electrons. The molecule has 0 rings (SSSR count). The highest BCUT2D eigenvalue weighted by molar-refractivity contribution is 7.54. The summed E-state index contributed by atoms with van der Waals surface area (Å²) < 4.78 is 30.7. The Balaban J connectivity index is 6.25. The van der Waals surface area contributed by atoms with Gasteiger partial charge in [-0.05, 0) is 67.2 Å². The zero-order valence-electron chi connectivity index (χ0n) is 20.6. The Kier molecular flexibility index (Phi) is 10.5. The van der Waals surface area contributed by atoms with Crippen molar-refractivity contribution >= 4 is 13.6 Å². The third kappa shape index (κ3) is 9.06. The molecule has 174 valence electrons. The number of hydrogen-bond acceptors (Lipinski definition) is 7. The third-order valence-corrected chi connectivity index (χ3v) is 6.68. The van der Waals surface area contributed by atoms with Gasteiger partial charge in [0.2, 0.25) is 0 Å². The van der Waals surface area contributed by atoms with Crippen molar-refractivity contribution in [2.45, 2.75) is 113 Å². The largest absolute Gasteiger partial charge is 0.458 e. The number of ether oxygens (including phenoxy) is 1. The SMILES string of the molecule is CCOP(=O)(OCC)C(N(OC(CC)C(=O)OC(C)(C)C)C(C)(C)C)C(C)(C)C. The molecule has 2 atom stereocenters. The van der Waals surface area contributed by atoms with E-state index in [2.05, 4.69) is 0 Å². The van der Waals surface area contributed by atoms with Gasteiger partial charge < -0.3 is 13.8 Å². The van der Waals surface area contributed by atoms with Crippen molar-refractivity contribution in [2.24, 2.45) is 5.41 Å². The van der Waals surface area contributed by atoms with Gasteiger partial charge in [0.25, 0.3) is 0 Å². The number of rotatable bonds is 10. The molecule has 8 heteroatoms. The standard InChI is InChI=1S/C21H44NO6P/c1-13-16(17(23)27-21(10,11)12)28-22(20(7,8)9)18(19(4,5)6)29(24,25-14-2)26-15-3/h16,18H,13-15H2,1-12H3. The van der Waals surface area contributed by atoms with E-state index in [9.17, 15) is 9.36 Å². The monoisotopic (exact) mass is 437 g/mol. The first-order chi connectivity index (χ1) is 12.9. The maximum absolute atomic E-state index is 13.8. The van der Waals surface area contributed by atoms with Crippen LogP contribution in [0.4, 0.5) is 0 Å². The molecule has 0 heterocycles. The fourth-order valence-electron chi connectivity index (χ4n) is 2.86. The summed E-state index contributed by atoms with van der Waals surface area (Å²) >= 11 is 0. The van der Waals surface area contributed by atoms with Crippen LogP contribution in [0.25, 0.3) is 0 Å². The summed E-state index contributed by atoms with van der Waals surface area (Å²) in [5, 5.41) is 1.62. The minimum Gasteiger partial charge on any atom is -0.458 e. The quantitative estimate of drug-likeness (QED) is 0.244. The Morgan fingerprint density at radius 1 is 0.897 bits per heavy atom. The molecule has 2 unspecified atom stereocenters. The summed E-state index contributed by atoms with van der Waals surface area (Å²) in [5.74, 6) is -1.18. The lowest BCUT2D eigenvalue weighted by Gasteiger charge is -2.48. The summed E-state index contributed by atoms with van der Waals surface area (Å²) in [6, 6.07) is 0. The maximum Gasteiger partial charge on any atom is 0.350 e. The van der Waals surface area contributed by atoms with Crippen LogP contribution in [0.2, 0.25) is 0 Å². The fourth-order valence-corrected chi connectivity index (χ4v) is 5.55. The Labute approximate surface area is 178 Å². The Morgan fingerprint density at radius 3 is 1.62 bits per heavy atom. The van der Waals surface area contributed by atoms with Gasteiger partial charge in [-0.15, -0.1) is 0 Å². The molecule has 0 bridgehead atoms. The molecule has 0 aliphatic heterocycles. The molecule has 0 saturated heterocycles. The van der Waals surface area contributed by atoms with E-state index in [0.717, 1.165) is 0 Å². The van der Waals surface area contributed by atoms with Crippen molar-refractivity contribution in [3.8, 4) is 0 Å². The van der Waals surface area contributed by atoms with Crippen molar-refractivity contribution in [3.63, 3.8) is 0 Å². The molecular formula is C21H44NO6P. The predicted molar refractivity (Wildman–Crippen MR) is 117 cm³/mol. The predicted octanol–water partition coefficient (Wildman–Crippen LogP) is 5.78. The van der Waals surface area contributed by atoms with Crippen LogP contribution in [0.15, 0.2) is 0 Å². The number of carbonyl (C=O) groups excluding carboxylic acids is 1. The van der Waals surface area contributed by atoms with Gasteiger partial charge in [0, 0.05) is 5.54 Å². The maximum atomic E-state index is 13.8. The van der Waals surface area contributed by atoms with Crippen molar-refractivity contribution in [1.82, 2.24) is 5.06 Å². The minimum atomic E-state index is -3.59. The second-order valence-corrected chi connectivity index (χ2v) is 12.2. The molecular weight excluding hydrogens is 393 g/mol. The van der Waals surface area contributed by atoms with Crippen molar-refractivity contribution < 1.29 is 28.0 Å². The Hall–Kier alpha value is -0.460. The zero-order chi connectivity index (χ0) is 23.3. The number of hydroxylamine groups is 2. The summed E-state index contributed by atoms with van der Waals surface area (Å²) in [7, 11) is -3.59. The molecule has 0 amide bonds. The van der Waals surface area contributed by atoms with Crippen molar-refractivity contribution in [3.05, 3.63) is 0 Å². The molecule has 0 aromatic heterocycles. The van der Waals surface area contributed by atoms with Gasteiger partial charge in [-0.1, -0.05) is 27.7 Å². The fraction of sp³-hybridized carbons (Fsp3) is 0.952. The van der Waals surface area contributed by atoms with Gasteiger partial charge in [-0.3, -0.25) is 9.40 Å². The summed E-state index contributed by atoms with van der Waals surface area (Å²) in [6.07, 6.45) is -0.429. The van der Waals surface area contributed by atoms with Crippen LogP contribution in [0.5, 0.6) is 0 Å². The first kappa shape index (κ1) is 28.5. The van der Waals surface area contributed by atoms with Gasteiger partial charge in [-0.25, -0.2) is 4.79 Å². The summed E-state index contributed by atoms with van der Waals surface area (Å²) in [4.78, 5) is 18.9. The molecule has 0 aromatic carbocycles. The molecule has 0 aromatic rings. The number of carbonyl (C=O) groups is 1. The van der Waals surface area contributed by atoms with E-state index in [0.29, 0.717) is 6.42 Å². The van der Waals surface area contributed by atoms with Crippen molar-refractivity contribution in [2.75, 3.05) is 13.2 Å². The molecule has 0 N–H and O–H groups in total. The van der Waals surface area contributed by atoms with E-state index >= 15 is 0 Å². The molecule has 29 heavy (non-hydrogen) atoms. The second-order valence-electron chi connectivity index (χ2n) is 10.1. The molecule has 0 saturated carbocycles. The van der Waals surface area contributed by atoms with E-state index < -0.39 is 42.0 Å². The lowest BCUT2D eigenvalue weighted by molar-refractivity contribution is -0.269. The normalized spacial score (nSPS) is 16.0. The van der Waals surface area contributed by atoms with Crippen LogP contribution in [0, 0.1) is 5.41 Å². The van der Waals surface area contributed by atoms with Gasteiger partial charge in [0.05, 0.1) is 13.2 Å². The highest BCUT2D eigenvalue weighted by atomic mass is 31.2. The molecule has 0 aliphatic rings. The number of esters is 1. The minimum absolute atomic E-state index is 0.241. The van der Waals surface area contributed by atoms with Crippen LogP contribution in [-0.4, -0.2) is 47.3 Å². The second kappa shape index (κ2) is 10.7. The average Bonchev–Trinajstić information content (AvgIpc) is 2.47. The Bertz CT molecular complexity index is 549. The first-order valence-electron chi connectivity index (χ1n) is 10.5. The van der Waals surface area contributed by atoms with E-state index in [1.54, 1.807) is 18.9 Å². The molecule has 0 aliphatic carbocycles. The first-order valence-corrected chi connectivity index (χ1v) is 12.1. The smallest absolute Gasteiger partial charge is 0.350 e.